The van der Waals surface area contributed by atoms with Gasteiger partial charge in [-0.3, -0.25) is 0 Å². The summed E-state index contributed by atoms with van der Waals surface area (Å²) in [6, 6.07) is 9.72. The lowest BCUT2D eigenvalue weighted by Gasteiger charge is -2.14. The van der Waals surface area contributed by atoms with E-state index in [2.05, 4.69) is 6.07 Å². The number of rotatable bonds is 4. The van der Waals surface area contributed by atoms with E-state index in [-0.39, 0.29) is 0 Å². The highest BCUT2D eigenvalue weighted by atomic mass is 35.5. The van der Waals surface area contributed by atoms with Crippen LogP contribution in [0.5, 0.6) is 5.75 Å². The van der Waals surface area contributed by atoms with Crippen molar-refractivity contribution in [3.8, 4) is 16.9 Å². The summed E-state index contributed by atoms with van der Waals surface area (Å²) in [6.07, 6.45) is 0. The van der Waals surface area contributed by atoms with Crippen LogP contribution in [-0.4, -0.2) is 6.61 Å². The molecule has 0 fully saturated rings. The van der Waals surface area contributed by atoms with E-state index in [1.54, 1.807) is 6.07 Å². The number of ether oxygens (including phenoxy) is 1. The number of hydrogen-bond donors (Lipinski definition) is 1. The van der Waals surface area contributed by atoms with E-state index in [0.29, 0.717) is 28.9 Å². The number of benzene rings is 2. The summed E-state index contributed by atoms with van der Waals surface area (Å²) in [7, 11) is 0. The van der Waals surface area contributed by atoms with E-state index < -0.39 is 0 Å². The fourth-order valence-electron chi connectivity index (χ4n) is 2.12. The molecule has 2 rings (SSSR count). The summed E-state index contributed by atoms with van der Waals surface area (Å²) in [5, 5.41) is 1.16. The Morgan fingerprint density at radius 3 is 2.45 bits per heavy atom. The average Bonchev–Trinajstić information content (AvgIpc) is 2.42. The number of nitrogens with two attached hydrogens (primary N) is 1. The predicted molar refractivity (Wildman–Crippen MR) is 85.7 cm³/mol. The summed E-state index contributed by atoms with van der Waals surface area (Å²) in [4.78, 5) is 0. The molecule has 0 saturated heterocycles. The molecule has 2 nitrogen and oxygen atoms in total. The maximum atomic E-state index is 6.37. The highest BCUT2D eigenvalue weighted by Gasteiger charge is 2.13. The van der Waals surface area contributed by atoms with Gasteiger partial charge in [-0.1, -0.05) is 47.0 Å². The van der Waals surface area contributed by atoms with Gasteiger partial charge in [-0.25, -0.2) is 0 Å². The lowest BCUT2D eigenvalue weighted by atomic mass is 9.97. The van der Waals surface area contributed by atoms with E-state index in [1.165, 1.54) is 0 Å². The number of halogens is 2. The summed E-state index contributed by atoms with van der Waals surface area (Å²) in [5.74, 6) is 0.602. The van der Waals surface area contributed by atoms with Crippen LogP contribution in [-0.2, 0) is 6.54 Å². The molecule has 0 aliphatic heterocycles. The molecule has 4 heteroatoms. The second-order valence-electron chi connectivity index (χ2n) is 4.56. The van der Waals surface area contributed by atoms with Crippen LogP contribution < -0.4 is 10.5 Å². The van der Waals surface area contributed by atoms with Crippen molar-refractivity contribution in [3.05, 3.63) is 51.5 Å². The first kappa shape index (κ1) is 15.2. The summed E-state index contributed by atoms with van der Waals surface area (Å²) >= 11 is 12.6. The minimum Gasteiger partial charge on any atom is -0.492 e. The normalized spacial score (nSPS) is 10.7. The Hall–Kier alpha value is -1.22. The van der Waals surface area contributed by atoms with E-state index in [4.69, 9.17) is 33.7 Å². The van der Waals surface area contributed by atoms with Crippen LogP contribution in [0.15, 0.2) is 30.3 Å². The monoisotopic (exact) mass is 309 g/mol. The van der Waals surface area contributed by atoms with Crippen molar-refractivity contribution in [2.75, 3.05) is 6.61 Å². The molecule has 2 aromatic carbocycles. The van der Waals surface area contributed by atoms with Crippen LogP contribution in [0.2, 0.25) is 10.0 Å². The molecule has 0 aromatic heterocycles. The van der Waals surface area contributed by atoms with Crippen LogP contribution in [0, 0.1) is 6.92 Å². The minimum atomic E-state index is 0.455. The van der Waals surface area contributed by atoms with Crippen molar-refractivity contribution in [1.82, 2.24) is 0 Å². The molecular formula is C16H17Cl2NO. The molecule has 0 bridgehead atoms. The third kappa shape index (κ3) is 3.09. The number of hydrogen-bond acceptors (Lipinski definition) is 2. The largest absolute Gasteiger partial charge is 0.492 e. The zero-order chi connectivity index (χ0) is 14.7. The molecule has 0 heterocycles. The maximum absolute atomic E-state index is 6.37. The SMILES string of the molecule is CCOc1cc(Cl)c(-c2cc(C)ccc2CN)cc1Cl. The summed E-state index contributed by atoms with van der Waals surface area (Å²) in [5.41, 5.74) is 9.89. The van der Waals surface area contributed by atoms with Gasteiger partial charge in [0, 0.05) is 18.2 Å². The highest BCUT2D eigenvalue weighted by Crippen LogP contribution is 2.38. The van der Waals surface area contributed by atoms with Gasteiger partial charge >= 0.3 is 0 Å². The van der Waals surface area contributed by atoms with Crippen LogP contribution in [0.25, 0.3) is 11.1 Å². The lowest BCUT2D eigenvalue weighted by molar-refractivity contribution is 0.340. The van der Waals surface area contributed by atoms with E-state index in [9.17, 15) is 0 Å². The Balaban J connectivity index is 2.58. The van der Waals surface area contributed by atoms with Crippen LogP contribution in [0.1, 0.15) is 18.1 Å². The van der Waals surface area contributed by atoms with Crippen molar-refractivity contribution in [1.29, 1.82) is 0 Å². The molecule has 106 valence electrons. The van der Waals surface area contributed by atoms with Crippen molar-refractivity contribution in [2.45, 2.75) is 20.4 Å². The van der Waals surface area contributed by atoms with Crippen molar-refractivity contribution in [2.24, 2.45) is 5.73 Å². The molecule has 0 aliphatic rings. The second kappa shape index (κ2) is 6.49. The molecule has 0 saturated carbocycles. The van der Waals surface area contributed by atoms with Gasteiger partial charge in [0.15, 0.2) is 0 Å². The van der Waals surface area contributed by atoms with Gasteiger partial charge in [0.1, 0.15) is 5.75 Å². The Bertz CT molecular complexity index is 626. The molecule has 0 radical (unpaired) electrons. The average molecular weight is 310 g/mol. The van der Waals surface area contributed by atoms with Gasteiger partial charge in [-0.2, -0.15) is 0 Å². The second-order valence-corrected chi connectivity index (χ2v) is 5.37. The first-order valence-corrected chi connectivity index (χ1v) is 7.24. The van der Waals surface area contributed by atoms with Gasteiger partial charge in [-0.15, -0.1) is 0 Å². The molecular weight excluding hydrogens is 293 g/mol. The van der Waals surface area contributed by atoms with Crippen molar-refractivity contribution >= 4 is 23.2 Å². The summed E-state index contributed by atoms with van der Waals surface area (Å²) < 4.78 is 5.45. The van der Waals surface area contributed by atoms with Crippen LogP contribution >= 0.6 is 23.2 Å². The van der Waals surface area contributed by atoms with Gasteiger partial charge < -0.3 is 10.5 Å². The van der Waals surface area contributed by atoms with Crippen molar-refractivity contribution in [3.63, 3.8) is 0 Å². The molecule has 0 aliphatic carbocycles. The lowest BCUT2D eigenvalue weighted by Crippen LogP contribution is -2.00. The predicted octanol–water partition coefficient (Wildman–Crippen LogP) is 4.83. The molecule has 0 atom stereocenters. The highest BCUT2D eigenvalue weighted by molar-refractivity contribution is 6.36. The van der Waals surface area contributed by atoms with Gasteiger partial charge in [0.25, 0.3) is 0 Å². The van der Waals surface area contributed by atoms with E-state index in [1.807, 2.05) is 32.0 Å². The smallest absolute Gasteiger partial charge is 0.139 e. The fourth-order valence-corrected chi connectivity index (χ4v) is 2.59. The van der Waals surface area contributed by atoms with E-state index >= 15 is 0 Å². The molecule has 0 amide bonds. The standard InChI is InChI=1S/C16H17Cl2NO/c1-3-20-16-8-14(17)13(7-15(16)18)12-6-10(2)4-5-11(12)9-19/h4-8H,3,9,19H2,1-2H3. The van der Waals surface area contributed by atoms with E-state index in [0.717, 1.165) is 22.3 Å². The van der Waals surface area contributed by atoms with Gasteiger partial charge in [0.05, 0.1) is 16.7 Å². The molecule has 0 spiro atoms. The van der Waals surface area contributed by atoms with Crippen LogP contribution in [0.3, 0.4) is 0 Å². The summed E-state index contributed by atoms with van der Waals surface area (Å²) in [6.45, 7) is 4.95. The Morgan fingerprint density at radius 2 is 1.80 bits per heavy atom. The van der Waals surface area contributed by atoms with Gasteiger partial charge in [-0.05, 0) is 31.0 Å². The Labute approximate surface area is 129 Å². The van der Waals surface area contributed by atoms with Crippen molar-refractivity contribution < 1.29 is 4.74 Å². The Kier molecular flexibility index (Phi) is 4.92. The zero-order valence-electron chi connectivity index (χ0n) is 11.5. The molecule has 2 N–H and O–H groups in total. The molecule has 2 aromatic rings. The third-order valence-electron chi connectivity index (χ3n) is 3.10. The Morgan fingerprint density at radius 1 is 1.05 bits per heavy atom. The molecule has 20 heavy (non-hydrogen) atoms. The fraction of sp³-hybridized carbons (Fsp3) is 0.250. The zero-order valence-corrected chi connectivity index (χ0v) is 13.1. The third-order valence-corrected chi connectivity index (χ3v) is 3.70. The first-order chi connectivity index (χ1) is 9.56. The number of aryl methyl sites for hydroxylation is 1. The first-order valence-electron chi connectivity index (χ1n) is 6.48. The van der Waals surface area contributed by atoms with Gasteiger partial charge in [0.2, 0.25) is 0 Å². The van der Waals surface area contributed by atoms with Crippen LogP contribution in [0.4, 0.5) is 0 Å². The quantitative estimate of drug-likeness (QED) is 0.878. The minimum absolute atomic E-state index is 0.455. The topological polar surface area (TPSA) is 35.2 Å². The molecule has 0 unspecified atom stereocenters. The maximum Gasteiger partial charge on any atom is 0.139 e.